The van der Waals surface area contributed by atoms with E-state index in [2.05, 4.69) is 16.9 Å². The molecule has 72 valence electrons. The van der Waals surface area contributed by atoms with Crippen LogP contribution in [0.2, 0.25) is 5.15 Å². The Labute approximate surface area is 83.1 Å². The Hall–Kier alpha value is -0.830. The topological polar surface area (TPSA) is 35.0 Å². The van der Waals surface area contributed by atoms with Crippen LogP contribution in [-0.2, 0) is 0 Å². The van der Waals surface area contributed by atoms with Crippen molar-refractivity contribution >= 4 is 11.6 Å². The third kappa shape index (κ3) is 3.19. The van der Waals surface area contributed by atoms with E-state index in [1.54, 1.807) is 13.0 Å². The van der Waals surface area contributed by atoms with Crippen LogP contribution in [-0.4, -0.2) is 16.1 Å². The molecule has 0 saturated carbocycles. The van der Waals surface area contributed by atoms with E-state index in [-0.39, 0.29) is 6.10 Å². The van der Waals surface area contributed by atoms with Gasteiger partial charge in [-0.2, -0.15) is 4.98 Å². The van der Waals surface area contributed by atoms with E-state index in [0.717, 1.165) is 6.42 Å². The van der Waals surface area contributed by atoms with Crippen molar-refractivity contribution in [2.45, 2.75) is 33.3 Å². The number of nitrogens with zero attached hydrogens (tertiary/aromatic N) is 2. The Kier molecular flexibility index (Phi) is 3.48. The van der Waals surface area contributed by atoms with Crippen LogP contribution in [0.4, 0.5) is 0 Å². The van der Waals surface area contributed by atoms with Gasteiger partial charge in [-0.15, -0.1) is 0 Å². The number of aryl methyl sites for hydroxylation is 1. The first-order valence-electron chi connectivity index (χ1n) is 4.29. The molecule has 1 aromatic rings. The van der Waals surface area contributed by atoms with Crippen molar-refractivity contribution in [1.29, 1.82) is 0 Å². The van der Waals surface area contributed by atoms with E-state index in [4.69, 9.17) is 16.3 Å². The number of aromatic nitrogens is 2. The molecule has 0 spiro atoms. The number of halogens is 1. The number of hydrogen-bond acceptors (Lipinski definition) is 3. The van der Waals surface area contributed by atoms with Crippen LogP contribution in [0.25, 0.3) is 0 Å². The Morgan fingerprint density at radius 1 is 1.54 bits per heavy atom. The second-order valence-corrected chi connectivity index (χ2v) is 3.30. The van der Waals surface area contributed by atoms with Gasteiger partial charge in [0.25, 0.3) is 0 Å². The molecule has 0 bridgehead atoms. The lowest BCUT2D eigenvalue weighted by atomic mass is 10.3. The van der Waals surface area contributed by atoms with Crippen LogP contribution >= 0.6 is 11.6 Å². The first kappa shape index (κ1) is 10.3. The van der Waals surface area contributed by atoms with Gasteiger partial charge >= 0.3 is 0 Å². The van der Waals surface area contributed by atoms with E-state index in [9.17, 15) is 0 Å². The lowest BCUT2D eigenvalue weighted by molar-refractivity contribution is 0.208. The van der Waals surface area contributed by atoms with Gasteiger partial charge < -0.3 is 4.74 Å². The molecule has 0 amide bonds. The second-order valence-electron chi connectivity index (χ2n) is 2.91. The molecule has 0 saturated heterocycles. The molecule has 4 heteroatoms. The molecule has 0 aliphatic carbocycles. The van der Waals surface area contributed by atoms with Crippen molar-refractivity contribution in [3.63, 3.8) is 0 Å². The highest BCUT2D eigenvalue weighted by atomic mass is 35.5. The third-order valence-corrected chi connectivity index (χ3v) is 1.87. The van der Waals surface area contributed by atoms with Gasteiger partial charge in [0.1, 0.15) is 11.0 Å². The minimum absolute atomic E-state index is 0.158. The zero-order chi connectivity index (χ0) is 9.84. The lowest BCUT2D eigenvalue weighted by Crippen LogP contribution is -2.11. The Morgan fingerprint density at radius 2 is 2.23 bits per heavy atom. The summed E-state index contributed by atoms with van der Waals surface area (Å²) in [6.07, 6.45) is 1.10. The van der Waals surface area contributed by atoms with Crippen LogP contribution in [0.5, 0.6) is 5.88 Å². The summed E-state index contributed by atoms with van der Waals surface area (Å²) in [5, 5.41) is 0.422. The summed E-state index contributed by atoms with van der Waals surface area (Å²) in [4.78, 5) is 8.05. The van der Waals surface area contributed by atoms with Crippen LogP contribution < -0.4 is 4.74 Å². The third-order valence-electron chi connectivity index (χ3n) is 1.68. The average molecular weight is 201 g/mol. The summed E-state index contributed by atoms with van der Waals surface area (Å²) in [5.74, 6) is 1.18. The molecule has 0 radical (unpaired) electrons. The first-order chi connectivity index (χ1) is 6.11. The van der Waals surface area contributed by atoms with Gasteiger partial charge in [0.05, 0.1) is 6.10 Å². The molecule has 3 nitrogen and oxygen atoms in total. The molecule has 13 heavy (non-hydrogen) atoms. The second kappa shape index (κ2) is 4.42. The van der Waals surface area contributed by atoms with E-state index in [0.29, 0.717) is 16.9 Å². The molecule has 0 aromatic carbocycles. The van der Waals surface area contributed by atoms with E-state index >= 15 is 0 Å². The predicted molar refractivity (Wildman–Crippen MR) is 52.2 cm³/mol. The number of rotatable bonds is 3. The SMILES string of the molecule is CC[C@@H](C)Oc1cc(Cl)nc(C)n1. The van der Waals surface area contributed by atoms with Gasteiger partial charge in [0.15, 0.2) is 0 Å². The highest BCUT2D eigenvalue weighted by Crippen LogP contribution is 2.15. The summed E-state index contributed by atoms with van der Waals surface area (Å²) in [6, 6.07) is 1.63. The van der Waals surface area contributed by atoms with Crippen molar-refractivity contribution in [3.05, 3.63) is 17.0 Å². The predicted octanol–water partition coefficient (Wildman–Crippen LogP) is 2.62. The standard InChI is InChI=1S/C9H13ClN2O/c1-4-6(2)13-9-5-8(10)11-7(3)12-9/h5-6H,4H2,1-3H3/t6-/m1/s1. The monoisotopic (exact) mass is 200 g/mol. The van der Waals surface area contributed by atoms with Gasteiger partial charge in [0, 0.05) is 6.07 Å². The smallest absolute Gasteiger partial charge is 0.218 e. The normalized spacial score (nSPS) is 12.6. The van der Waals surface area contributed by atoms with Crippen molar-refractivity contribution in [2.24, 2.45) is 0 Å². The molecule has 1 rings (SSSR count). The number of ether oxygens (including phenoxy) is 1. The van der Waals surface area contributed by atoms with Gasteiger partial charge in [-0.25, -0.2) is 4.98 Å². The molecular weight excluding hydrogens is 188 g/mol. The maximum Gasteiger partial charge on any atom is 0.218 e. The van der Waals surface area contributed by atoms with Crippen LogP contribution in [0.3, 0.4) is 0 Å². The average Bonchev–Trinajstić information content (AvgIpc) is 2.02. The van der Waals surface area contributed by atoms with Crippen molar-refractivity contribution in [3.8, 4) is 5.88 Å². The Bertz CT molecular complexity index is 271. The van der Waals surface area contributed by atoms with Gasteiger partial charge in [-0.1, -0.05) is 18.5 Å². The largest absolute Gasteiger partial charge is 0.475 e. The van der Waals surface area contributed by atoms with Crippen molar-refractivity contribution in [1.82, 2.24) is 9.97 Å². The maximum atomic E-state index is 5.75. The van der Waals surface area contributed by atoms with Gasteiger partial charge in [-0.05, 0) is 20.3 Å². The first-order valence-corrected chi connectivity index (χ1v) is 4.67. The lowest BCUT2D eigenvalue weighted by Gasteiger charge is -2.11. The van der Waals surface area contributed by atoms with Crippen LogP contribution in [0, 0.1) is 6.92 Å². The summed E-state index contributed by atoms with van der Waals surface area (Å²) >= 11 is 5.75. The van der Waals surface area contributed by atoms with E-state index in [1.165, 1.54) is 0 Å². The zero-order valence-electron chi connectivity index (χ0n) is 8.04. The summed E-state index contributed by atoms with van der Waals surface area (Å²) < 4.78 is 5.49. The van der Waals surface area contributed by atoms with E-state index < -0.39 is 0 Å². The van der Waals surface area contributed by atoms with Gasteiger partial charge in [0.2, 0.25) is 5.88 Å². The quantitative estimate of drug-likeness (QED) is 0.704. The highest BCUT2D eigenvalue weighted by molar-refractivity contribution is 6.29. The molecule has 1 aromatic heterocycles. The number of hydrogen-bond donors (Lipinski definition) is 0. The van der Waals surface area contributed by atoms with E-state index in [1.807, 2.05) is 6.92 Å². The molecule has 0 aliphatic rings. The van der Waals surface area contributed by atoms with Crippen LogP contribution in [0.15, 0.2) is 6.07 Å². The molecule has 0 unspecified atom stereocenters. The minimum Gasteiger partial charge on any atom is -0.475 e. The molecule has 1 heterocycles. The fourth-order valence-electron chi connectivity index (χ4n) is 0.855. The fourth-order valence-corrected chi connectivity index (χ4v) is 1.07. The summed E-state index contributed by atoms with van der Waals surface area (Å²) in [7, 11) is 0. The zero-order valence-corrected chi connectivity index (χ0v) is 8.80. The highest BCUT2D eigenvalue weighted by Gasteiger charge is 2.04. The van der Waals surface area contributed by atoms with Gasteiger partial charge in [-0.3, -0.25) is 0 Å². The minimum atomic E-state index is 0.158. The molecule has 0 fully saturated rings. The maximum absolute atomic E-state index is 5.75. The molecule has 1 atom stereocenters. The molecule has 0 N–H and O–H groups in total. The summed E-state index contributed by atoms with van der Waals surface area (Å²) in [5.41, 5.74) is 0. The van der Waals surface area contributed by atoms with Crippen molar-refractivity contribution < 1.29 is 4.74 Å². The van der Waals surface area contributed by atoms with Crippen LogP contribution in [0.1, 0.15) is 26.1 Å². The fraction of sp³-hybridized carbons (Fsp3) is 0.556. The molecule has 0 aliphatic heterocycles. The summed E-state index contributed by atoms with van der Waals surface area (Å²) in [6.45, 7) is 5.83. The molecular formula is C9H13ClN2O. The Balaban J connectivity index is 2.77. The van der Waals surface area contributed by atoms with Crippen molar-refractivity contribution in [2.75, 3.05) is 0 Å². The Morgan fingerprint density at radius 3 is 2.77 bits per heavy atom.